The Balaban J connectivity index is 1.31. The molecule has 6 rings (SSSR count). The first-order valence-electron chi connectivity index (χ1n) is 16.8. The first kappa shape index (κ1) is 36.6. The van der Waals surface area contributed by atoms with Crippen molar-refractivity contribution >= 4 is 40.0 Å². The van der Waals surface area contributed by atoms with Gasteiger partial charge in [-0.1, -0.05) is 41.9 Å². The zero-order valence-electron chi connectivity index (χ0n) is 29.4. The Hall–Kier alpha value is -5.21. The molecule has 0 atom stereocenters. The molecule has 15 heteroatoms. The van der Waals surface area contributed by atoms with Crippen LogP contribution in [0.5, 0.6) is 5.88 Å². The van der Waals surface area contributed by atoms with Crippen LogP contribution in [0, 0.1) is 12.8 Å². The summed E-state index contributed by atoms with van der Waals surface area (Å²) in [5.74, 6) is 0.0192. The van der Waals surface area contributed by atoms with Gasteiger partial charge in [0.1, 0.15) is 22.6 Å². The number of piperidine rings is 1. The Bertz CT molecular complexity index is 2290. The molecule has 0 unspecified atom stereocenters. The molecule has 1 aliphatic rings. The quantitative estimate of drug-likeness (QED) is 0.166. The van der Waals surface area contributed by atoms with Crippen LogP contribution in [0.2, 0.25) is 5.02 Å². The molecule has 0 amide bonds. The predicted molar refractivity (Wildman–Crippen MR) is 194 cm³/mol. The molecule has 4 heterocycles. The van der Waals surface area contributed by atoms with E-state index in [1.807, 2.05) is 38.1 Å². The van der Waals surface area contributed by atoms with Gasteiger partial charge >= 0.3 is 11.7 Å². The average molecular weight is 734 g/mol. The van der Waals surface area contributed by atoms with Crippen molar-refractivity contribution in [2.75, 3.05) is 32.1 Å². The lowest BCUT2D eigenvalue weighted by atomic mass is 9.96. The lowest BCUT2D eigenvalue weighted by molar-refractivity contribution is -0.149. The summed E-state index contributed by atoms with van der Waals surface area (Å²) in [7, 11) is 4.27. The van der Waals surface area contributed by atoms with Crippen LogP contribution in [0.3, 0.4) is 0 Å². The van der Waals surface area contributed by atoms with Gasteiger partial charge in [0.15, 0.2) is 0 Å². The number of nitrogens with one attached hydrogen (secondary N) is 1. The van der Waals surface area contributed by atoms with E-state index in [2.05, 4.69) is 15.2 Å². The minimum Gasteiger partial charge on any atom is -0.480 e. The number of likely N-dealkylation sites (tertiary alicyclic amines) is 1. The third-order valence-corrected chi connectivity index (χ3v) is 9.84. The maximum Gasteiger partial charge on any atom is 0.330 e. The number of pyridine rings is 1. The largest absolute Gasteiger partial charge is 0.480 e. The number of anilines is 2. The van der Waals surface area contributed by atoms with Crippen LogP contribution in [0.1, 0.15) is 43.1 Å². The number of benzene rings is 2. The monoisotopic (exact) mass is 733 g/mol. The van der Waals surface area contributed by atoms with Crippen LogP contribution in [-0.4, -0.2) is 61.8 Å². The number of methoxy groups -OCH3 is 1. The summed E-state index contributed by atoms with van der Waals surface area (Å²) in [6.07, 6.45) is 0.128. The molecule has 0 bridgehead atoms. The standard InChI is InChI=1S/C37H38ClF2N7O5/c1-6-52-36(49)21-13-15-47(16-14-21)19-28-34(51-5)44-27(18-41-28)24-11-7-10-23(31(24)38)22-9-8-12-25(20(22)2)42-33-30-29(17-26(43-33)32(39)40)45(3)37(50)46(4)35(30)48/h7-12,17-18,21,32H,6,13-16,19H2,1-5H3,(H,42,43). The molecule has 0 spiro atoms. The maximum absolute atomic E-state index is 13.9. The lowest BCUT2D eigenvalue weighted by Gasteiger charge is -2.30. The number of carbonyl (C=O) groups is 1. The van der Waals surface area contributed by atoms with Crippen molar-refractivity contribution in [2.24, 2.45) is 20.0 Å². The number of aryl methyl sites for hydroxylation is 1. The van der Waals surface area contributed by atoms with Gasteiger partial charge in [0.2, 0.25) is 5.88 Å². The van der Waals surface area contributed by atoms with Crippen LogP contribution >= 0.6 is 11.6 Å². The van der Waals surface area contributed by atoms with Crippen molar-refractivity contribution < 1.29 is 23.0 Å². The molecule has 0 radical (unpaired) electrons. The van der Waals surface area contributed by atoms with Crippen molar-refractivity contribution in [3.63, 3.8) is 0 Å². The van der Waals surface area contributed by atoms with Gasteiger partial charge in [-0.25, -0.2) is 23.5 Å². The van der Waals surface area contributed by atoms with E-state index in [1.54, 1.807) is 18.3 Å². The van der Waals surface area contributed by atoms with Crippen molar-refractivity contribution in [1.29, 1.82) is 0 Å². The number of carbonyl (C=O) groups excluding carboxylic acids is 1. The molecule has 3 aromatic heterocycles. The number of alkyl halides is 2. The number of esters is 1. The van der Waals surface area contributed by atoms with Gasteiger partial charge < -0.3 is 14.8 Å². The summed E-state index contributed by atoms with van der Waals surface area (Å²) in [5.41, 5.74) is 2.52. The fourth-order valence-corrected chi connectivity index (χ4v) is 6.86. The van der Waals surface area contributed by atoms with Gasteiger partial charge in [-0.3, -0.25) is 28.6 Å². The molecule has 1 saturated heterocycles. The maximum atomic E-state index is 13.9. The number of aromatic nitrogens is 5. The van der Waals surface area contributed by atoms with E-state index in [4.69, 9.17) is 31.0 Å². The van der Waals surface area contributed by atoms with Crippen LogP contribution in [0.25, 0.3) is 33.3 Å². The first-order valence-corrected chi connectivity index (χ1v) is 17.1. The molecular formula is C37H38ClF2N7O5. The molecule has 12 nitrogen and oxygen atoms in total. The summed E-state index contributed by atoms with van der Waals surface area (Å²) in [6.45, 7) is 5.96. The van der Waals surface area contributed by atoms with E-state index in [9.17, 15) is 23.2 Å². The van der Waals surface area contributed by atoms with E-state index in [0.717, 1.165) is 33.9 Å². The summed E-state index contributed by atoms with van der Waals surface area (Å²) in [5, 5.41) is 3.49. The van der Waals surface area contributed by atoms with Gasteiger partial charge in [-0.05, 0) is 63.0 Å². The molecule has 5 aromatic rings. The Kier molecular flexibility index (Phi) is 10.7. The van der Waals surface area contributed by atoms with E-state index < -0.39 is 23.4 Å². The van der Waals surface area contributed by atoms with Gasteiger partial charge in [0, 0.05) is 37.5 Å². The summed E-state index contributed by atoms with van der Waals surface area (Å²) in [6, 6.07) is 12.0. The minimum atomic E-state index is -2.94. The van der Waals surface area contributed by atoms with Crippen LogP contribution in [0.15, 0.2) is 58.3 Å². The van der Waals surface area contributed by atoms with Gasteiger partial charge in [0.25, 0.3) is 12.0 Å². The van der Waals surface area contributed by atoms with E-state index in [-0.39, 0.29) is 28.6 Å². The highest BCUT2D eigenvalue weighted by atomic mass is 35.5. The molecule has 52 heavy (non-hydrogen) atoms. The zero-order valence-corrected chi connectivity index (χ0v) is 30.1. The van der Waals surface area contributed by atoms with Crippen LogP contribution < -0.4 is 21.3 Å². The van der Waals surface area contributed by atoms with Gasteiger partial charge in [-0.2, -0.15) is 0 Å². The molecule has 1 N–H and O–H groups in total. The predicted octanol–water partition coefficient (Wildman–Crippen LogP) is 6.18. The van der Waals surface area contributed by atoms with Gasteiger partial charge in [0.05, 0.1) is 42.1 Å². The average Bonchev–Trinajstić information content (AvgIpc) is 3.14. The van der Waals surface area contributed by atoms with E-state index in [0.29, 0.717) is 70.7 Å². The molecule has 272 valence electrons. The second kappa shape index (κ2) is 15.2. The second-order valence-electron chi connectivity index (χ2n) is 12.6. The summed E-state index contributed by atoms with van der Waals surface area (Å²) >= 11 is 7.07. The number of rotatable bonds is 10. The van der Waals surface area contributed by atoms with Crippen LogP contribution in [0.4, 0.5) is 20.3 Å². The SMILES string of the molecule is CCOC(=O)C1CCN(Cc2ncc(-c3cccc(-c4cccc(Nc5nc(C(F)F)cc6c5c(=O)n(C)c(=O)n6C)c4C)c3Cl)nc2OC)CC1. The number of ether oxygens (including phenoxy) is 2. The Labute approximate surface area is 303 Å². The van der Waals surface area contributed by atoms with Crippen molar-refractivity contribution in [2.45, 2.75) is 39.7 Å². The molecule has 1 aliphatic heterocycles. The Morgan fingerprint density at radius 3 is 2.42 bits per heavy atom. The van der Waals surface area contributed by atoms with Crippen molar-refractivity contribution in [1.82, 2.24) is 29.0 Å². The fourth-order valence-electron chi connectivity index (χ4n) is 6.54. The highest BCUT2D eigenvalue weighted by molar-refractivity contribution is 6.36. The number of halogens is 3. The third kappa shape index (κ3) is 7.00. The molecule has 0 saturated carbocycles. The highest BCUT2D eigenvalue weighted by Crippen LogP contribution is 2.40. The highest BCUT2D eigenvalue weighted by Gasteiger charge is 2.27. The normalized spacial score (nSPS) is 13.9. The zero-order chi connectivity index (χ0) is 37.3. The third-order valence-electron chi connectivity index (χ3n) is 9.43. The number of hydrogen-bond donors (Lipinski definition) is 1. The smallest absolute Gasteiger partial charge is 0.330 e. The van der Waals surface area contributed by atoms with E-state index in [1.165, 1.54) is 21.2 Å². The van der Waals surface area contributed by atoms with Crippen molar-refractivity contribution in [3.05, 3.63) is 91.5 Å². The number of fused-ring (bicyclic) bond motifs is 1. The molecular weight excluding hydrogens is 696 g/mol. The summed E-state index contributed by atoms with van der Waals surface area (Å²) < 4.78 is 40.8. The van der Waals surface area contributed by atoms with Gasteiger partial charge in [-0.15, -0.1) is 0 Å². The topological polar surface area (TPSA) is 133 Å². The molecule has 1 fully saturated rings. The van der Waals surface area contributed by atoms with E-state index >= 15 is 0 Å². The van der Waals surface area contributed by atoms with Crippen LogP contribution in [-0.2, 0) is 30.2 Å². The first-order chi connectivity index (χ1) is 24.9. The fraction of sp³-hybridized carbons (Fsp3) is 0.351. The Morgan fingerprint density at radius 1 is 1.04 bits per heavy atom. The Morgan fingerprint density at radius 2 is 1.73 bits per heavy atom. The number of nitrogens with zero attached hydrogens (tertiary/aromatic N) is 6. The summed E-state index contributed by atoms with van der Waals surface area (Å²) in [4.78, 5) is 53.8. The lowest BCUT2D eigenvalue weighted by Crippen LogP contribution is -2.37. The number of hydrogen-bond acceptors (Lipinski definition) is 10. The molecule has 0 aliphatic carbocycles. The minimum absolute atomic E-state index is 0.00374. The second-order valence-corrected chi connectivity index (χ2v) is 13.0. The van der Waals surface area contributed by atoms with Crippen molar-refractivity contribution in [3.8, 4) is 28.3 Å². The molecule has 2 aromatic carbocycles.